The van der Waals surface area contributed by atoms with E-state index in [9.17, 15) is 10.1 Å². The third-order valence-electron chi connectivity index (χ3n) is 3.33. The van der Waals surface area contributed by atoms with Crippen LogP contribution in [-0.4, -0.2) is 4.92 Å². The minimum absolute atomic E-state index is 0.0212. The summed E-state index contributed by atoms with van der Waals surface area (Å²) in [7, 11) is 0. The van der Waals surface area contributed by atoms with Gasteiger partial charge in [-0.1, -0.05) is 19.1 Å². The van der Waals surface area contributed by atoms with Gasteiger partial charge in [-0.3, -0.25) is 10.1 Å². The van der Waals surface area contributed by atoms with Crippen molar-refractivity contribution < 1.29 is 9.66 Å². The summed E-state index contributed by atoms with van der Waals surface area (Å²) < 4.78 is 5.75. The van der Waals surface area contributed by atoms with Crippen LogP contribution in [0.4, 0.5) is 5.69 Å². The minimum atomic E-state index is -0.403. The van der Waals surface area contributed by atoms with Gasteiger partial charge in [-0.05, 0) is 43.2 Å². The molecule has 1 unspecified atom stereocenters. The van der Waals surface area contributed by atoms with E-state index in [1.165, 1.54) is 6.07 Å². The van der Waals surface area contributed by atoms with Gasteiger partial charge in [0.25, 0.3) is 5.69 Å². The average Bonchev–Trinajstić information content (AvgIpc) is 2.46. The molecule has 5 nitrogen and oxygen atoms in total. The van der Waals surface area contributed by atoms with Crippen molar-refractivity contribution in [2.24, 2.45) is 5.73 Å². The number of rotatable bonds is 5. The van der Waals surface area contributed by atoms with E-state index in [1.807, 2.05) is 31.2 Å². The minimum Gasteiger partial charge on any atom is -0.457 e. The van der Waals surface area contributed by atoms with Crippen molar-refractivity contribution in [1.29, 1.82) is 0 Å². The zero-order valence-electron chi connectivity index (χ0n) is 12.1. The average molecular weight is 286 g/mol. The van der Waals surface area contributed by atoms with Gasteiger partial charge in [0.15, 0.2) is 0 Å². The Morgan fingerprint density at radius 1 is 1.24 bits per heavy atom. The molecule has 2 N–H and O–H groups in total. The lowest BCUT2D eigenvalue weighted by molar-refractivity contribution is -0.385. The van der Waals surface area contributed by atoms with E-state index in [0.717, 1.165) is 12.0 Å². The van der Waals surface area contributed by atoms with Gasteiger partial charge >= 0.3 is 0 Å². The molecule has 0 aliphatic heterocycles. The third-order valence-corrected chi connectivity index (χ3v) is 3.33. The molecule has 0 saturated heterocycles. The normalized spacial score (nSPS) is 12.0. The van der Waals surface area contributed by atoms with Crippen LogP contribution < -0.4 is 10.5 Å². The Morgan fingerprint density at radius 2 is 1.95 bits per heavy atom. The van der Waals surface area contributed by atoms with Gasteiger partial charge in [-0.15, -0.1) is 0 Å². The predicted molar refractivity (Wildman–Crippen MR) is 81.6 cm³/mol. The molecular weight excluding hydrogens is 268 g/mol. The molecule has 0 radical (unpaired) electrons. The van der Waals surface area contributed by atoms with Crippen molar-refractivity contribution in [2.75, 3.05) is 0 Å². The second-order valence-electron chi connectivity index (χ2n) is 4.89. The van der Waals surface area contributed by atoms with E-state index in [-0.39, 0.29) is 11.7 Å². The highest BCUT2D eigenvalue weighted by molar-refractivity contribution is 5.45. The first-order chi connectivity index (χ1) is 10.0. The molecule has 0 aliphatic carbocycles. The number of nitrogens with zero attached hydrogens (tertiary/aromatic N) is 1. The summed E-state index contributed by atoms with van der Waals surface area (Å²) in [6.45, 7) is 3.71. The lowest BCUT2D eigenvalue weighted by Gasteiger charge is -2.12. The second kappa shape index (κ2) is 6.37. The highest BCUT2D eigenvalue weighted by Gasteiger charge is 2.11. The first-order valence-electron chi connectivity index (χ1n) is 6.79. The second-order valence-corrected chi connectivity index (χ2v) is 4.89. The van der Waals surface area contributed by atoms with Crippen molar-refractivity contribution >= 4 is 5.69 Å². The number of benzene rings is 2. The molecule has 0 saturated carbocycles. The van der Waals surface area contributed by atoms with Crippen LogP contribution in [0.25, 0.3) is 0 Å². The SMILES string of the molecule is CCC(N)c1cccc(Oc2ccc([N+](=O)[O-])c(C)c2)c1. The first kappa shape index (κ1) is 15.0. The molecule has 2 aromatic carbocycles. The van der Waals surface area contributed by atoms with Crippen molar-refractivity contribution in [3.05, 3.63) is 63.7 Å². The molecule has 0 aliphatic rings. The van der Waals surface area contributed by atoms with E-state index >= 15 is 0 Å². The Kier molecular flexibility index (Phi) is 4.55. The number of hydrogen-bond donors (Lipinski definition) is 1. The standard InChI is InChI=1S/C16H18N2O3/c1-3-15(17)12-5-4-6-13(10-12)21-14-7-8-16(18(19)20)11(2)9-14/h4-10,15H,3,17H2,1-2H3. The highest BCUT2D eigenvalue weighted by atomic mass is 16.6. The van der Waals surface area contributed by atoms with Gasteiger partial charge in [0.05, 0.1) is 4.92 Å². The summed E-state index contributed by atoms with van der Waals surface area (Å²) in [5.41, 5.74) is 7.67. The topological polar surface area (TPSA) is 78.4 Å². The molecule has 0 bridgehead atoms. The Morgan fingerprint density at radius 3 is 2.57 bits per heavy atom. The zero-order valence-corrected chi connectivity index (χ0v) is 12.1. The molecule has 2 aromatic rings. The first-order valence-corrected chi connectivity index (χ1v) is 6.79. The third kappa shape index (κ3) is 3.58. The number of hydrogen-bond acceptors (Lipinski definition) is 4. The number of ether oxygens (including phenoxy) is 1. The molecule has 0 spiro atoms. The fraction of sp³-hybridized carbons (Fsp3) is 0.250. The van der Waals surface area contributed by atoms with Gasteiger partial charge in [0.1, 0.15) is 11.5 Å². The summed E-state index contributed by atoms with van der Waals surface area (Å²) in [5.74, 6) is 1.24. The molecule has 21 heavy (non-hydrogen) atoms. The molecule has 0 heterocycles. The quantitative estimate of drug-likeness (QED) is 0.662. The fourth-order valence-electron chi connectivity index (χ4n) is 2.08. The van der Waals surface area contributed by atoms with Crippen LogP contribution in [0.5, 0.6) is 11.5 Å². The Bertz CT molecular complexity index is 656. The largest absolute Gasteiger partial charge is 0.457 e. The zero-order chi connectivity index (χ0) is 15.4. The van der Waals surface area contributed by atoms with Crippen LogP contribution in [0.2, 0.25) is 0 Å². The maximum absolute atomic E-state index is 10.8. The predicted octanol–water partition coefficient (Wildman–Crippen LogP) is 4.11. The summed E-state index contributed by atoms with van der Waals surface area (Å²) >= 11 is 0. The fourth-order valence-corrected chi connectivity index (χ4v) is 2.08. The van der Waals surface area contributed by atoms with E-state index < -0.39 is 4.92 Å². The molecule has 5 heteroatoms. The van der Waals surface area contributed by atoms with E-state index in [0.29, 0.717) is 17.1 Å². The Labute approximate surface area is 123 Å². The molecule has 1 atom stereocenters. The van der Waals surface area contributed by atoms with Crippen molar-refractivity contribution in [3.63, 3.8) is 0 Å². The maximum atomic E-state index is 10.8. The van der Waals surface area contributed by atoms with Gasteiger partial charge in [-0.25, -0.2) is 0 Å². The summed E-state index contributed by atoms with van der Waals surface area (Å²) in [4.78, 5) is 10.4. The van der Waals surface area contributed by atoms with Crippen LogP contribution in [0.1, 0.15) is 30.5 Å². The lowest BCUT2D eigenvalue weighted by Crippen LogP contribution is -2.08. The van der Waals surface area contributed by atoms with Crippen LogP contribution in [0.15, 0.2) is 42.5 Å². The summed E-state index contributed by atoms with van der Waals surface area (Å²) in [6.07, 6.45) is 0.847. The molecule has 110 valence electrons. The monoisotopic (exact) mass is 286 g/mol. The Hall–Kier alpha value is -2.40. The smallest absolute Gasteiger partial charge is 0.272 e. The van der Waals surface area contributed by atoms with Crippen molar-refractivity contribution in [2.45, 2.75) is 26.3 Å². The summed E-state index contributed by atoms with van der Waals surface area (Å²) in [5, 5.41) is 10.8. The molecular formula is C16H18N2O3. The van der Waals surface area contributed by atoms with Gasteiger partial charge < -0.3 is 10.5 Å². The van der Waals surface area contributed by atoms with Crippen molar-refractivity contribution in [3.8, 4) is 11.5 Å². The highest BCUT2D eigenvalue weighted by Crippen LogP contribution is 2.28. The van der Waals surface area contributed by atoms with E-state index in [4.69, 9.17) is 10.5 Å². The van der Waals surface area contributed by atoms with Gasteiger partial charge in [0, 0.05) is 17.7 Å². The number of nitrogens with two attached hydrogens (primary N) is 1. The van der Waals surface area contributed by atoms with Gasteiger partial charge in [-0.2, -0.15) is 0 Å². The molecule has 2 rings (SSSR count). The number of nitro benzene ring substituents is 1. The van der Waals surface area contributed by atoms with E-state index in [1.54, 1.807) is 19.1 Å². The number of nitro groups is 1. The lowest BCUT2D eigenvalue weighted by atomic mass is 10.1. The van der Waals surface area contributed by atoms with E-state index in [2.05, 4.69) is 0 Å². The van der Waals surface area contributed by atoms with Crippen LogP contribution in [0.3, 0.4) is 0 Å². The Balaban J connectivity index is 2.22. The number of aryl methyl sites for hydroxylation is 1. The van der Waals surface area contributed by atoms with Crippen LogP contribution >= 0.6 is 0 Å². The molecule has 0 fully saturated rings. The molecule has 0 amide bonds. The maximum Gasteiger partial charge on any atom is 0.272 e. The van der Waals surface area contributed by atoms with Crippen LogP contribution in [-0.2, 0) is 0 Å². The van der Waals surface area contributed by atoms with Crippen LogP contribution in [0, 0.1) is 17.0 Å². The summed E-state index contributed by atoms with van der Waals surface area (Å²) in [6, 6.07) is 12.3. The van der Waals surface area contributed by atoms with Crippen molar-refractivity contribution in [1.82, 2.24) is 0 Å². The van der Waals surface area contributed by atoms with Gasteiger partial charge in [0.2, 0.25) is 0 Å². The molecule has 0 aromatic heterocycles.